The summed E-state index contributed by atoms with van der Waals surface area (Å²) in [5.41, 5.74) is 1.12. The van der Waals surface area contributed by atoms with Gasteiger partial charge in [0, 0.05) is 31.9 Å². The van der Waals surface area contributed by atoms with Gasteiger partial charge >= 0.3 is 0 Å². The molecule has 0 bridgehead atoms. The second kappa shape index (κ2) is 6.06. The molecule has 2 rings (SSSR count). The molecule has 0 radical (unpaired) electrons. The van der Waals surface area contributed by atoms with Crippen molar-refractivity contribution in [1.82, 2.24) is 10.2 Å². The zero-order chi connectivity index (χ0) is 13.8. The van der Waals surface area contributed by atoms with E-state index in [4.69, 9.17) is 0 Å². The molecule has 19 heavy (non-hydrogen) atoms. The molecule has 0 aromatic heterocycles. The molecule has 1 heterocycles. The largest absolute Gasteiger partial charge is 0.358 e. The van der Waals surface area contributed by atoms with Crippen molar-refractivity contribution in [1.29, 1.82) is 0 Å². The number of anilines is 1. The van der Waals surface area contributed by atoms with Gasteiger partial charge in [-0.1, -0.05) is 18.2 Å². The number of nitrogens with one attached hydrogen (secondary N) is 1. The van der Waals surface area contributed by atoms with E-state index < -0.39 is 0 Å². The molecule has 0 saturated carbocycles. The van der Waals surface area contributed by atoms with Crippen LogP contribution in [0, 0.1) is 0 Å². The molecule has 1 aliphatic heterocycles. The van der Waals surface area contributed by atoms with Crippen molar-refractivity contribution in [3.8, 4) is 0 Å². The number of para-hydroxylation sites is 1. The number of likely N-dealkylation sites (N-methyl/N-ethyl adjacent to an activating group) is 2. The molecule has 4 nitrogen and oxygen atoms in total. The zero-order valence-electron chi connectivity index (χ0n) is 12.0. The third kappa shape index (κ3) is 2.89. The number of carbonyl (C=O) groups excluding carboxylic acids is 1. The van der Waals surface area contributed by atoms with Crippen molar-refractivity contribution in [3.63, 3.8) is 0 Å². The van der Waals surface area contributed by atoms with E-state index in [1.54, 1.807) is 0 Å². The maximum atomic E-state index is 12.6. The van der Waals surface area contributed by atoms with Crippen LogP contribution in [0.15, 0.2) is 30.3 Å². The number of benzene rings is 1. The van der Waals surface area contributed by atoms with Gasteiger partial charge in [-0.2, -0.15) is 0 Å². The predicted octanol–water partition coefficient (Wildman–Crippen LogP) is 1.33. The van der Waals surface area contributed by atoms with Crippen molar-refractivity contribution in [3.05, 3.63) is 30.3 Å². The van der Waals surface area contributed by atoms with Crippen LogP contribution in [0.25, 0.3) is 0 Å². The van der Waals surface area contributed by atoms with Crippen LogP contribution in [-0.2, 0) is 4.79 Å². The second-order valence-electron chi connectivity index (χ2n) is 5.19. The summed E-state index contributed by atoms with van der Waals surface area (Å²) in [6, 6.07) is 10.4. The van der Waals surface area contributed by atoms with Gasteiger partial charge < -0.3 is 15.1 Å². The lowest BCUT2D eigenvalue weighted by Gasteiger charge is -2.31. The molecule has 4 heteroatoms. The van der Waals surface area contributed by atoms with Crippen LogP contribution in [0.1, 0.15) is 13.3 Å². The highest BCUT2D eigenvalue weighted by atomic mass is 16.2. The molecular formula is C15H23N3O. The molecular weight excluding hydrogens is 238 g/mol. The van der Waals surface area contributed by atoms with Gasteiger partial charge in [0.15, 0.2) is 0 Å². The molecule has 2 unspecified atom stereocenters. The van der Waals surface area contributed by atoms with Gasteiger partial charge in [-0.25, -0.2) is 0 Å². The van der Waals surface area contributed by atoms with Crippen molar-refractivity contribution in [2.24, 2.45) is 0 Å². The minimum Gasteiger partial charge on any atom is -0.358 e. The first-order valence-electron chi connectivity index (χ1n) is 6.88. The van der Waals surface area contributed by atoms with Crippen LogP contribution in [0.5, 0.6) is 0 Å². The average Bonchev–Trinajstić information content (AvgIpc) is 2.54. The molecule has 1 amide bonds. The lowest BCUT2D eigenvalue weighted by molar-refractivity contribution is -0.132. The van der Waals surface area contributed by atoms with Gasteiger partial charge in [0.2, 0.25) is 5.91 Å². The third-order valence-electron chi connectivity index (χ3n) is 3.94. The summed E-state index contributed by atoms with van der Waals surface area (Å²) >= 11 is 0. The molecule has 1 aromatic carbocycles. The molecule has 104 valence electrons. The lowest BCUT2D eigenvalue weighted by atomic mass is 10.2. The van der Waals surface area contributed by atoms with E-state index in [0.29, 0.717) is 12.6 Å². The van der Waals surface area contributed by atoms with Crippen LogP contribution in [0.4, 0.5) is 5.69 Å². The Kier molecular flexibility index (Phi) is 4.43. The van der Waals surface area contributed by atoms with E-state index in [1.807, 2.05) is 37.2 Å². The normalized spacial score (nSPS) is 24.5. The van der Waals surface area contributed by atoms with Gasteiger partial charge in [0.1, 0.15) is 6.04 Å². The Balaban J connectivity index is 2.31. The van der Waals surface area contributed by atoms with E-state index in [1.165, 1.54) is 0 Å². The monoisotopic (exact) mass is 261 g/mol. The van der Waals surface area contributed by atoms with E-state index >= 15 is 0 Å². The predicted molar refractivity (Wildman–Crippen MR) is 78.4 cm³/mol. The Hall–Kier alpha value is -1.55. The summed E-state index contributed by atoms with van der Waals surface area (Å²) in [4.78, 5) is 16.7. The van der Waals surface area contributed by atoms with E-state index in [-0.39, 0.29) is 11.9 Å². The maximum absolute atomic E-state index is 12.6. The highest BCUT2D eigenvalue weighted by Crippen LogP contribution is 2.22. The van der Waals surface area contributed by atoms with Gasteiger partial charge in [-0.05, 0) is 32.5 Å². The first-order chi connectivity index (χ1) is 9.15. The van der Waals surface area contributed by atoms with E-state index in [9.17, 15) is 4.79 Å². The first-order valence-corrected chi connectivity index (χ1v) is 6.88. The van der Waals surface area contributed by atoms with Crippen LogP contribution in [0.2, 0.25) is 0 Å². The Bertz CT molecular complexity index is 421. The molecule has 0 aliphatic carbocycles. The summed E-state index contributed by atoms with van der Waals surface area (Å²) in [5, 5.41) is 3.14. The number of amides is 1. The van der Waals surface area contributed by atoms with Crippen molar-refractivity contribution < 1.29 is 4.79 Å². The summed E-state index contributed by atoms with van der Waals surface area (Å²) in [6.07, 6.45) is 0.997. The highest BCUT2D eigenvalue weighted by molar-refractivity contribution is 5.86. The quantitative estimate of drug-likeness (QED) is 0.891. The maximum Gasteiger partial charge on any atom is 0.246 e. The van der Waals surface area contributed by atoms with Crippen molar-refractivity contribution in [2.75, 3.05) is 32.1 Å². The molecule has 1 aromatic rings. The van der Waals surface area contributed by atoms with Gasteiger partial charge in [-0.3, -0.25) is 4.79 Å². The van der Waals surface area contributed by atoms with Gasteiger partial charge in [0.25, 0.3) is 0 Å². The van der Waals surface area contributed by atoms with Crippen LogP contribution >= 0.6 is 0 Å². The summed E-state index contributed by atoms with van der Waals surface area (Å²) in [7, 11) is 3.80. The van der Waals surface area contributed by atoms with Gasteiger partial charge in [0.05, 0.1) is 0 Å². The van der Waals surface area contributed by atoms with Crippen molar-refractivity contribution in [2.45, 2.75) is 25.4 Å². The van der Waals surface area contributed by atoms with Gasteiger partial charge in [-0.15, -0.1) is 0 Å². The Morgan fingerprint density at radius 1 is 1.32 bits per heavy atom. The van der Waals surface area contributed by atoms with Crippen molar-refractivity contribution >= 4 is 11.6 Å². The van der Waals surface area contributed by atoms with Crippen LogP contribution in [-0.4, -0.2) is 50.1 Å². The number of carbonyl (C=O) groups is 1. The molecule has 2 atom stereocenters. The number of hydrogen-bond acceptors (Lipinski definition) is 3. The first kappa shape index (κ1) is 13.9. The fraction of sp³-hybridized carbons (Fsp3) is 0.533. The topological polar surface area (TPSA) is 35.6 Å². The Morgan fingerprint density at radius 2 is 2.00 bits per heavy atom. The summed E-state index contributed by atoms with van der Waals surface area (Å²) in [5.74, 6) is 0.197. The molecule has 0 spiro atoms. The zero-order valence-corrected chi connectivity index (χ0v) is 12.0. The fourth-order valence-electron chi connectivity index (χ4n) is 2.58. The number of nitrogens with zero attached hydrogens (tertiary/aromatic N) is 2. The molecule has 1 saturated heterocycles. The lowest BCUT2D eigenvalue weighted by Crippen LogP contribution is -2.50. The molecule has 1 N–H and O–H groups in total. The highest BCUT2D eigenvalue weighted by Gasteiger charge is 2.33. The summed E-state index contributed by atoms with van der Waals surface area (Å²) in [6.45, 7) is 3.70. The van der Waals surface area contributed by atoms with E-state index in [0.717, 1.165) is 18.7 Å². The van der Waals surface area contributed by atoms with E-state index in [2.05, 4.69) is 29.3 Å². The molecule has 1 fully saturated rings. The number of hydrogen-bond donors (Lipinski definition) is 1. The summed E-state index contributed by atoms with van der Waals surface area (Å²) < 4.78 is 0. The average molecular weight is 261 g/mol. The number of rotatable bonds is 3. The second-order valence-corrected chi connectivity index (χ2v) is 5.19. The minimum absolute atomic E-state index is 0.123. The Labute approximate surface area is 115 Å². The fourth-order valence-corrected chi connectivity index (χ4v) is 2.58. The standard InChI is InChI=1S/C15H23N3O/c1-12-9-10-18(13-7-5-4-6-8-13)14(11-16-2)15(19)17(12)3/h4-8,12,14,16H,9-11H2,1-3H3. The Morgan fingerprint density at radius 3 is 2.63 bits per heavy atom. The molecule has 1 aliphatic rings. The van der Waals surface area contributed by atoms with Crippen LogP contribution in [0.3, 0.4) is 0 Å². The SMILES string of the molecule is CNCC1C(=O)N(C)C(C)CCN1c1ccccc1. The minimum atomic E-state index is -0.123. The smallest absolute Gasteiger partial charge is 0.246 e. The van der Waals surface area contributed by atoms with Crippen LogP contribution < -0.4 is 10.2 Å². The third-order valence-corrected chi connectivity index (χ3v) is 3.94.